The average molecular weight is 1190 g/mol. The fourth-order valence-electron chi connectivity index (χ4n) is 13.7. The number of hydrogen-bond acceptors (Lipinski definition) is 1. The minimum absolute atomic E-state index is 0.000397. The standard InChI is InChI=1S/C88H106N2/c1-80(2,3)57-32-39-74(66(48-57)55-42-60(83(10,11)12)46-61(43-55)84(13,14)15)90(77-52-71(88(25,26)27)70(87(22,23)24)51-67(77)56-44-62(85(16,17)18)47-63(45-56)86(19,20)21)73-38-31-54-28-35-64-72(37-30-53-29-36-65(73)79(54)78(53)64)89-75-40-33-58(81(4,5)6)49-68(75)69-50-59(82(7,8)9)34-41-76(69)89/h28-52H,1-27H3. The fourth-order valence-corrected chi connectivity index (χ4v) is 13.7. The zero-order valence-electron chi connectivity index (χ0n) is 60.3. The molecule has 1 aromatic heterocycles. The van der Waals surface area contributed by atoms with Crippen LogP contribution in [0.1, 0.15) is 237 Å². The summed E-state index contributed by atoms with van der Waals surface area (Å²) in [6.45, 7) is 64.0. The predicted molar refractivity (Wildman–Crippen MR) is 398 cm³/mol. The summed E-state index contributed by atoms with van der Waals surface area (Å²) in [6, 6.07) is 61.5. The van der Waals surface area contributed by atoms with Gasteiger partial charge in [0.15, 0.2) is 0 Å². The number of anilines is 3. The molecule has 0 aliphatic carbocycles. The molecule has 0 fully saturated rings. The molecule has 2 nitrogen and oxygen atoms in total. The number of aromatic nitrogens is 1. The third kappa shape index (κ3) is 11.7. The highest BCUT2D eigenvalue weighted by molar-refractivity contribution is 6.28. The van der Waals surface area contributed by atoms with Crippen molar-refractivity contribution >= 4 is 71.2 Å². The van der Waals surface area contributed by atoms with E-state index in [-0.39, 0.29) is 48.7 Å². The Labute approximate surface area is 542 Å². The van der Waals surface area contributed by atoms with E-state index >= 15 is 0 Å². The molecule has 0 aliphatic rings. The molecule has 0 aliphatic heterocycles. The second kappa shape index (κ2) is 21.2. The topological polar surface area (TPSA) is 8.17 Å². The minimum Gasteiger partial charge on any atom is -0.309 e. The van der Waals surface area contributed by atoms with Gasteiger partial charge in [-0.15, -0.1) is 0 Å². The summed E-state index contributed by atoms with van der Waals surface area (Å²) in [5.41, 5.74) is 23.4. The highest BCUT2D eigenvalue weighted by Gasteiger charge is 2.34. The van der Waals surface area contributed by atoms with E-state index in [4.69, 9.17) is 0 Å². The third-order valence-corrected chi connectivity index (χ3v) is 19.6. The Balaban J connectivity index is 1.33. The minimum atomic E-state index is -0.193. The molecule has 0 unspecified atom stereocenters. The summed E-state index contributed by atoms with van der Waals surface area (Å²) in [5, 5.41) is 10.1. The van der Waals surface area contributed by atoms with Gasteiger partial charge < -0.3 is 9.47 Å². The molecule has 0 radical (unpaired) electrons. The second-order valence-corrected chi connectivity index (χ2v) is 36.2. The van der Waals surface area contributed by atoms with Crippen molar-refractivity contribution in [3.05, 3.63) is 202 Å². The van der Waals surface area contributed by atoms with Crippen molar-refractivity contribution in [2.75, 3.05) is 4.90 Å². The number of nitrogens with zero attached hydrogens (tertiary/aromatic N) is 2. The normalized spacial score (nSPS) is 13.7. The lowest BCUT2D eigenvalue weighted by Crippen LogP contribution is -2.24. The summed E-state index contributed by atoms with van der Waals surface area (Å²) >= 11 is 0. The maximum Gasteiger partial charge on any atom is 0.0543 e. The Morgan fingerprint density at radius 1 is 0.244 bits per heavy atom. The molecule has 0 amide bonds. The van der Waals surface area contributed by atoms with Crippen LogP contribution in [0.5, 0.6) is 0 Å². The molecular formula is C88H106N2. The number of benzene rings is 10. The maximum absolute atomic E-state index is 2.72. The van der Waals surface area contributed by atoms with Gasteiger partial charge in [-0.3, -0.25) is 0 Å². The molecule has 0 bridgehead atoms. The molecular weight excluding hydrogens is 1080 g/mol. The second-order valence-electron chi connectivity index (χ2n) is 36.2. The van der Waals surface area contributed by atoms with Crippen molar-refractivity contribution in [2.45, 2.75) is 236 Å². The van der Waals surface area contributed by atoms with Crippen LogP contribution in [0.15, 0.2) is 152 Å². The molecule has 0 saturated carbocycles. The lowest BCUT2D eigenvalue weighted by Gasteiger charge is -2.37. The van der Waals surface area contributed by atoms with Crippen LogP contribution in [-0.2, 0) is 48.7 Å². The summed E-state index contributed by atoms with van der Waals surface area (Å²) in [5.74, 6) is 0. The smallest absolute Gasteiger partial charge is 0.0543 e. The molecule has 11 rings (SSSR count). The van der Waals surface area contributed by atoms with E-state index in [1.807, 2.05) is 0 Å². The first-order valence-electron chi connectivity index (χ1n) is 33.6. The van der Waals surface area contributed by atoms with Crippen LogP contribution in [0.4, 0.5) is 17.1 Å². The van der Waals surface area contributed by atoms with E-state index in [0.717, 1.165) is 11.4 Å². The quantitative estimate of drug-likeness (QED) is 0.151. The van der Waals surface area contributed by atoms with Crippen LogP contribution >= 0.6 is 0 Å². The van der Waals surface area contributed by atoms with Crippen LogP contribution in [0.25, 0.3) is 82.1 Å². The molecule has 10 aromatic carbocycles. The molecule has 0 atom stereocenters. The van der Waals surface area contributed by atoms with Gasteiger partial charge in [-0.1, -0.05) is 278 Å². The fraction of sp³-hybridized carbons (Fsp3) is 0.409. The van der Waals surface area contributed by atoms with Gasteiger partial charge in [0.05, 0.1) is 33.8 Å². The SMILES string of the molecule is CC(C)(C)c1cc(-c2cc(C(C)(C)C)ccc2N(c2cc(C(C)(C)C)c(C(C)(C)C)cc2-c2cc(C(C)(C)C)cc(C(C)(C)C)c2)c2ccc3ccc4c(-n5c6ccc(C(C)(C)C)cc6c6cc(C(C)(C)C)ccc65)ccc5ccc2c3c54)cc(C(C)(C)C)c1. The van der Waals surface area contributed by atoms with Gasteiger partial charge in [0, 0.05) is 32.7 Å². The lowest BCUT2D eigenvalue weighted by atomic mass is 9.73. The van der Waals surface area contributed by atoms with Gasteiger partial charge in [-0.2, -0.15) is 0 Å². The third-order valence-electron chi connectivity index (χ3n) is 19.6. The first-order valence-corrected chi connectivity index (χ1v) is 33.6. The van der Waals surface area contributed by atoms with Crippen LogP contribution in [0.3, 0.4) is 0 Å². The lowest BCUT2D eigenvalue weighted by molar-refractivity contribution is 0.530. The van der Waals surface area contributed by atoms with Crippen LogP contribution < -0.4 is 4.90 Å². The number of fused-ring (bicyclic) bond motifs is 3. The molecule has 90 heavy (non-hydrogen) atoms. The molecule has 0 saturated heterocycles. The molecule has 0 spiro atoms. The van der Waals surface area contributed by atoms with Gasteiger partial charge >= 0.3 is 0 Å². The highest BCUT2D eigenvalue weighted by Crippen LogP contribution is 2.54. The zero-order chi connectivity index (χ0) is 65.9. The summed E-state index contributed by atoms with van der Waals surface area (Å²) in [7, 11) is 0. The maximum atomic E-state index is 2.72. The van der Waals surface area contributed by atoms with Crippen molar-refractivity contribution in [3.63, 3.8) is 0 Å². The predicted octanol–water partition coefficient (Wildman–Crippen LogP) is 26.2. The van der Waals surface area contributed by atoms with Crippen LogP contribution in [-0.4, -0.2) is 4.57 Å². The Morgan fingerprint density at radius 2 is 0.589 bits per heavy atom. The molecule has 468 valence electrons. The monoisotopic (exact) mass is 1190 g/mol. The molecule has 11 aromatic rings. The first-order chi connectivity index (χ1) is 41.3. The first kappa shape index (κ1) is 64.4. The average Bonchev–Trinajstić information content (AvgIpc) is 1.20. The van der Waals surface area contributed by atoms with E-state index in [1.54, 1.807) is 0 Å². The van der Waals surface area contributed by atoms with Gasteiger partial charge in [-0.25, -0.2) is 0 Å². The Morgan fingerprint density at radius 3 is 1.01 bits per heavy atom. The van der Waals surface area contributed by atoms with E-state index in [9.17, 15) is 0 Å². The van der Waals surface area contributed by atoms with Crippen molar-refractivity contribution in [1.29, 1.82) is 0 Å². The molecule has 2 heteroatoms. The Bertz CT molecular complexity index is 4480. The largest absolute Gasteiger partial charge is 0.309 e. The van der Waals surface area contributed by atoms with Crippen molar-refractivity contribution in [3.8, 4) is 27.9 Å². The molecule has 0 N–H and O–H groups in total. The highest BCUT2D eigenvalue weighted by atomic mass is 15.2. The van der Waals surface area contributed by atoms with Crippen LogP contribution in [0, 0.1) is 0 Å². The zero-order valence-corrected chi connectivity index (χ0v) is 60.3. The van der Waals surface area contributed by atoms with Crippen molar-refractivity contribution in [2.24, 2.45) is 0 Å². The molecule has 1 heterocycles. The van der Waals surface area contributed by atoms with E-state index in [2.05, 4.69) is 348 Å². The van der Waals surface area contributed by atoms with E-state index in [1.165, 1.54) is 138 Å². The Hall–Kier alpha value is -7.16. The number of hydrogen-bond donors (Lipinski definition) is 0. The Kier molecular flexibility index (Phi) is 15.2. The summed E-state index contributed by atoms with van der Waals surface area (Å²) < 4.78 is 2.57. The van der Waals surface area contributed by atoms with Crippen molar-refractivity contribution in [1.82, 2.24) is 4.57 Å². The van der Waals surface area contributed by atoms with Gasteiger partial charge in [0.25, 0.3) is 0 Å². The van der Waals surface area contributed by atoms with Gasteiger partial charge in [0.1, 0.15) is 0 Å². The number of rotatable bonds is 6. The van der Waals surface area contributed by atoms with Gasteiger partial charge in [0.2, 0.25) is 0 Å². The van der Waals surface area contributed by atoms with Crippen molar-refractivity contribution < 1.29 is 0 Å². The summed E-state index contributed by atoms with van der Waals surface area (Å²) in [6.07, 6.45) is 0. The summed E-state index contributed by atoms with van der Waals surface area (Å²) in [4.78, 5) is 2.72. The van der Waals surface area contributed by atoms with Gasteiger partial charge in [-0.05, 0) is 192 Å². The van der Waals surface area contributed by atoms with Crippen LogP contribution in [0.2, 0.25) is 0 Å². The van der Waals surface area contributed by atoms with E-state index < -0.39 is 0 Å². The van der Waals surface area contributed by atoms with E-state index in [0.29, 0.717) is 0 Å².